The monoisotopic (exact) mass is 322 g/mol. The molecule has 0 radical (unpaired) electrons. The molecule has 0 bridgehead atoms. The van der Waals surface area contributed by atoms with Crippen LogP contribution in [0.3, 0.4) is 0 Å². The maximum atomic E-state index is 10.6. The topological polar surface area (TPSA) is 46.5 Å². The van der Waals surface area contributed by atoms with Crippen LogP contribution in [0.15, 0.2) is 21.1 Å². The Morgan fingerprint density at radius 2 is 2.14 bits per heavy atom. The molecule has 14 heavy (non-hydrogen) atoms. The van der Waals surface area contributed by atoms with Gasteiger partial charge in [-0.05, 0) is 37.9 Å². The van der Waals surface area contributed by atoms with Gasteiger partial charge in [0.15, 0.2) is 0 Å². The minimum absolute atomic E-state index is 0.0466. The predicted molar refractivity (Wildman–Crippen MR) is 59.7 cm³/mol. The third-order valence-corrected chi connectivity index (χ3v) is 3.66. The molecule has 1 aromatic carbocycles. The average Bonchev–Trinajstić information content (AvgIpc) is 2.11. The van der Waals surface area contributed by atoms with Crippen molar-refractivity contribution in [3.8, 4) is 5.75 Å². The van der Waals surface area contributed by atoms with Crippen LogP contribution in [0.4, 0.5) is 0 Å². The van der Waals surface area contributed by atoms with Crippen LogP contribution in [0, 0.1) is 0 Å². The van der Waals surface area contributed by atoms with Crippen molar-refractivity contribution in [1.29, 1.82) is 0 Å². The third-order valence-electron chi connectivity index (χ3n) is 1.68. The van der Waals surface area contributed by atoms with Crippen LogP contribution in [-0.4, -0.2) is 18.2 Å². The summed E-state index contributed by atoms with van der Waals surface area (Å²) in [7, 11) is 1.51. The first-order chi connectivity index (χ1) is 6.56. The second kappa shape index (κ2) is 4.79. The van der Waals surface area contributed by atoms with Gasteiger partial charge < -0.3 is 9.84 Å². The summed E-state index contributed by atoms with van der Waals surface area (Å²) >= 11 is 6.63. The zero-order chi connectivity index (χ0) is 10.7. The molecule has 0 aliphatic carbocycles. The van der Waals surface area contributed by atoms with Crippen molar-refractivity contribution in [1.82, 2.24) is 0 Å². The summed E-state index contributed by atoms with van der Waals surface area (Å²) in [6.07, 6.45) is -0.0466. The van der Waals surface area contributed by atoms with Gasteiger partial charge in [-0.1, -0.05) is 6.07 Å². The fourth-order valence-corrected chi connectivity index (χ4v) is 1.96. The fraction of sp³-hybridized carbons (Fsp3) is 0.222. The van der Waals surface area contributed by atoms with Gasteiger partial charge in [0.1, 0.15) is 5.75 Å². The number of carboxylic acid groups (broad SMARTS) is 1. The average molecular weight is 324 g/mol. The Morgan fingerprint density at radius 3 is 2.64 bits per heavy atom. The molecule has 76 valence electrons. The lowest BCUT2D eigenvalue weighted by molar-refractivity contribution is -0.136. The summed E-state index contributed by atoms with van der Waals surface area (Å²) in [6.45, 7) is 0. The summed E-state index contributed by atoms with van der Waals surface area (Å²) < 4.78 is 6.69. The van der Waals surface area contributed by atoms with E-state index in [1.807, 2.05) is 0 Å². The first kappa shape index (κ1) is 11.5. The lowest BCUT2D eigenvalue weighted by atomic mass is 10.1. The molecule has 0 spiro atoms. The predicted octanol–water partition coefficient (Wildman–Crippen LogP) is 2.85. The van der Waals surface area contributed by atoms with Gasteiger partial charge in [0.2, 0.25) is 0 Å². The quantitative estimate of drug-likeness (QED) is 0.930. The third kappa shape index (κ3) is 2.48. The molecule has 5 heteroatoms. The van der Waals surface area contributed by atoms with Crippen molar-refractivity contribution in [2.75, 3.05) is 7.11 Å². The molecule has 0 atom stereocenters. The number of halogens is 2. The summed E-state index contributed by atoms with van der Waals surface area (Å²) in [5, 5.41) is 8.66. The van der Waals surface area contributed by atoms with Crippen molar-refractivity contribution in [3.05, 3.63) is 26.6 Å². The zero-order valence-electron chi connectivity index (χ0n) is 7.38. The highest BCUT2D eigenvalue weighted by Crippen LogP contribution is 2.35. The fourth-order valence-electron chi connectivity index (χ4n) is 1.09. The normalized spacial score (nSPS) is 9.93. The molecule has 0 amide bonds. The molecule has 0 fully saturated rings. The van der Waals surface area contributed by atoms with E-state index in [1.54, 1.807) is 12.1 Å². The minimum Gasteiger partial charge on any atom is -0.495 e. The van der Waals surface area contributed by atoms with E-state index in [2.05, 4.69) is 31.9 Å². The van der Waals surface area contributed by atoms with Crippen LogP contribution in [0.1, 0.15) is 5.56 Å². The Labute approximate surface area is 98.3 Å². The minimum atomic E-state index is -0.877. The van der Waals surface area contributed by atoms with E-state index >= 15 is 0 Å². The van der Waals surface area contributed by atoms with E-state index in [0.29, 0.717) is 11.3 Å². The van der Waals surface area contributed by atoms with Crippen LogP contribution in [0.25, 0.3) is 0 Å². The van der Waals surface area contributed by atoms with Gasteiger partial charge in [0.05, 0.1) is 18.0 Å². The molecule has 0 saturated heterocycles. The van der Waals surface area contributed by atoms with Gasteiger partial charge in [0, 0.05) is 10.0 Å². The molecule has 0 aliphatic heterocycles. The van der Waals surface area contributed by atoms with Crippen LogP contribution in [-0.2, 0) is 11.2 Å². The number of carbonyl (C=O) groups is 1. The molecular formula is C9H8Br2O3. The lowest BCUT2D eigenvalue weighted by Gasteiger charge is -2.09. The Morgan fingerprint density at radius 1 is 1.50 bits per heavy atom. The molecule has 1 N–H and O–H groups in total. The van der Waals surface area contributed by atoms with Crippen molar-refractivity contribution in [2.45, 2.75) is 6.42 Å². The van der Waals surface area contributed by atoms with E-state index in [1.165, 1.54) is 7.11 Å². The number of carboxylic acids is 1. The molecule has 0 saturated carbocycles. The number of methoxy groups -OCH3 is 1. The Bertz CT molecular complexity index is 363. The molecule has 0 unspecified atom stereocenters. The van der Waals surface area contributed by atoms with E-state index in [0.717, 1.165) is 8.95 Å². The van der Waals surface area contributed by atoms with Gasteiger partial charge in [-0.3, -0.25) is 4.79 Å². The number of rotatable bonds is 3. The highest BCUT2D eigenvalue weighted by Gasteiger charge is 2.12. The molecular weight excluding hydrogens is 316 g/mol. The van der Waals surface area contributed by atoms with Gasteiger partial charge in [0.25, 0.3) is 0 Å². The van der Waals surface area contributed by atoms with E-state index in [-0.39, 0.29) is 6.42 Å². The Hall–Kier alpha value is -0.550. The number of benzene rings is 1. The summed E-state index contributed by atoms with van der Waals surface area (Å²) in [5.41, 5.74) is 0.648. The maximum Gasteiger partial charge on any atom is 0.307 e. The van der Waals surface area contributed by atoms with E-state index in [4.69, 9.17) is 9.84 Å². The smallest absolute Gasteiger partial charge is 0.307 e. The number of hydrogen-bond donors (Lipinski definition) is 1. The standard InChI is InChI=1S/C9H8Br2O3/c1-14-9-5(4-7(12)13)2-3-6(10)8(9)11/h2-3H,4H2,1H3,(H,12,13). The summed E-state index contributed by atoms with van der Waals surface area (Å²) in [4.78, 5) is 10.6. The van der Waals surface area contributed by atoms with Crippen LogP contribution in [0.2, 0.25) is 0 Å². The molecule has 1 aromatic rings. The molecule has 0 aliphatic rings. The van der Waals surface area contributed by atoms with Crippen molar-refractivity contribution < 1.29 is 14.6 Å². The highest BCUT2D eigenvalue weighted by molar-refractivity contribution is 9.13. The van der Waals surface area contributed by atoms with Crippen LogP contribution in [0.5, 0.6) is 5.75 Å². The SMILES string of the molecule is COc1c(CC(=O)O)ccc(Br)c1Br. The summed E-state index contributed by atoms with van der Waals surface area (Å²) in [6, 6.07) is 3.51. The first-order valence-electron chi connectivity index (χ1n) is 3.79. The number of ether oxygens (including phenoxy) is 1. The van der Waals surface area contributed by atoms with Gasteiger partial charge in [-0.2, -0.15) is 0 Å². The van der Waals surface area contributed by atoms with Crippen LogP contribution >= 0.6 is 31.9 Å². The zero-order valence-corrected chi connectivity index (χ0v) is 10.6. The Kier molecular flexibility index (Phi) is 3.95. The van der Waals surface area contributed by atoms with Gasteiger partial charge >= 0.3 is 5.97 Å². The molecule has 3 nitrogen and oxygen atoms in total. The van der Waals surface area contributed by atoms with E-state index < -0.39 is 5.97 Å². The highest BCUT2D eigenvalue weighted by atomic mass is 79.9. The van der Waals surface area contributed by atoms with Crippen LogP contribution < -0.4 is 4.74 Å². The maximum absolute atomic E-state index is 10.6. The van der Waals surface area contributed by atoms with Crippen molar-refractivity contribution >= 4 is 37.8 Å². The lowest BCUT2D eigenvalue weighted by Crippen LogP contribution is -2.02. The largest absolute Gasteiger partial charge is 0.495 e. The second-order valence-corrected chi connectivity index (χ2v) is 4.27. The first-order valence-corrected chi connectivity index (χ1v) is 5.37. The van der Waals surface area contributed by atoms with Gasteiger partial charge in [-0.25, -0.2) is 0 Å². The Balaban J connectivity index is 3.17. The second-order valence-electron chi connectivity index (χ2n) is 2.62. The molecule has 0 aromatic heterocycles. The van der Waals surface area contributed by atoms with Crippen molar-refractivity contribution in [2.24, 2.45) is 0 Å². The number of aliphatic carboxylic acids is 1. The molecule has 1 rings (SSSR count). The van der Waals surface area contributed by atoms with Gasteiger partial charge in [-0.15, -0.1) is 0 Å². The summed E-state index contributed by atoms with van der Waals surface area (Å²) in [5.74, 6) is -0.320. The molecule has 0 heterocycles. The van der Waals surface area contributed by atoms with Crippen molar-refractivity contribution in [3.63, 3.8) is 0 Å². The van der Waals surface area contributed by atoms with E-state index in [9.17, 15) is 4.79 Å². The number of hydrogen-bond acceptors (Lipinski definition) is 2.